The van der Waals surface area contributed by atoms with Gasteiger partial charge in [-0.05, 0) is 61.7 Å². The average Bonchev–Trinajstić information content (AvgIpc) is 3.50. The molecule has 8 nitrogen and oxygen atoms in total. The zero-order chi connectivity index (χ0) is 21.7. The number of hydrogen-bond donors (Lipinski definition) is 1. The van der Waals surface area contributed by atoms with Crippen LogP contribution in [-0.4, -0.2) is 29.4 Å². The van der Waals surface area contributed by atoms with Crippen molar-refractivity contribution in [2.24, 2.45) is 0 Å². The minimum Gasteiger partial charge on any atom is -0.417 e. The van der Waals surface area contributed by atoms with E-state index in [1.807, 2.05) is 48.0 Å². The highest BCUT2D eigenvalue weighted by Gasteiger charge is 2.26. The number of fused-ring (bicyclic) bond motifs is 2. The normalized spacial score (nSPS) is 15.8. The highest BCUT2D eigenvalue weighted by molar-refractivity contribution is 5.62. The molecule has 1 aliphatic heterocycles. The molecule has 0 amide bonds. The van der Waals surface area contributed by atoms with Gasteiger partial charge >= 0.3 is 0 Å². The Morgan fingerprint density at radius 3 is 2.66 bits per heavy atom. The van der Waals surface area contributed by atoms with Crippen molar-refractivity contribution in [2.75, 3.05) is 5.32 Å². The van der Waals surface area contributed by atoms with Gasteiger partial charge in [0.25, 0.3) is 0 Å². The second kappa shape index (κ2) is 7.30. The van der Waals surface area contributed by atoms with E-state index in [1.165, 1.54) is 12.1 Å². The van der Waals surface area contributed by atoms with Gasteiger partial charge in [0.1, 0.15) is 17.5 Å². The molecule has 6 rings (SSSR count). The first-order valence-corrected chi connectivity index (χ1v) is 10.5. The molecule has 0 bridgehead atoms. The number of imidazole rings is 1. The molecular weight excluding hydrogens is 409 g/mol. The molecule has 32 heavy (non-hydrogen) atoms. The van der Waals surface area contributed by atoms with Crippen molar-refractivity contribution in [1.82, 2.24) is 29.4 Å². The van der Waals surface area contributed by atoms with Gasteiger partial charge in [-0.2, -0.15) is 9.50 Å². The Morgan fingerprint density at radius 1 is 1.06 bits per heavy atom. The Hall–Kier alpha value is -4.01. The van der Waals surface area contributed by atoms with Crippen molar-refractivity contribution >= 4 is 17.3 Å². The fraction of sp³-hybridized carbons (Fsp3) is 0.217. The molecule has 1 unspecified atom stereocenters. The summed E-state index contributed by atoms with van der Waals surface area (Å²) in [7, 11) is 0. The summed E-state index contributed by atoms with van der Waals surface area (Å²) in [6.07, 6.45) is 3.64. The SMILES string of the molecule is Cc1ncc2oc(-c3ccc(Nc4nc5n(n4)CCCC5c4ccc(F)cc4)cc3)nn12. The van der Waals surface area contributed by atoms with Crippen LogP contribution in [0.25, 0.3) is 17.2 Å². The molecule has 1 atom stereocenters. The lowest BCUT2D eigenvalue weighted by atomic mass is 9.91. The van der Waals surface area contributed by atoms with Crippen molar-refractivity contribution in [3.63, 3.8) is 0 Å². The van der Waals surface area contributed by atoms with Gasteiger partial charge in [-0.1, -0.05) is 12.1 Å². The number of nitrogens with one attached hydrogen (secondary N) is 1. The number of aryl methyl sites for hydroxylation is 2. The predicted octanol–water partition coefficient (Wildman–Crippen LogP) is 4.70. The van der Waals surface area contributed by atoms with Crippen LogP contribution in [0.4, 0.5) is 16.0 Å². The van der Waals surface area contributed by atoms with Crippen molar-refractivity contribution in [2.45, 2.75) is 32.2 Å². The van der Waals surface area contributed by atoms with E-state index in [2.05, 4.69) is 20.5 Å². The van der Waals surface area contributed by atoms with Crippen LogP contribution in [0.5, 0.6) is 0 Å². The van der Waals surface area contributed by atoms with E-state index in [0.717, 1.165) is 47.8 Å². The van der Waals surface area contributed by atoms with Crippen LogP contribution >= 0.6 is 0 Å². The zero-order valence-electron chi connectivity index (χ0n) is 17.4. The van der Waals surface area contributed by atoms with Gasteiger partial charge in [0.05, 0.1) is 6.20 Å². The van der Waals surface area contributed by atoms with Crippen LogP contribution in [0.15, 0.2) is 59.1 Å². The maximum absolute atomic E-state index is 13.3. The molecule has 1 aliphatic rings. The van der Waals surface area contributed by atoms with Gasteiger partial charge < -0.3 is 9.73 Å². The van der Waals surface area contributed by atoms with Gasteiger partial charge in [0.15, 0.2) is 0 Å². The van der Waals surface area contributed by atoms with Crippen LogP contribution in [0.1, 0.15) is 36.0 Å². The lowest BCUT2D eigenvalue weighted by molar-refractivity contribution is 0.446. The molecule has 0 aliphatic carbocycles. The molecule has 9 heteroatoms. The monoisotopic (exact) mass is 429 g/mol. The Kier molecular flexibility index (Phi) is 4.27. The third-order valence-corrected chi connectivity index (χ3v) is 5.80. The highest BCUT2D eigenvalue weighted by Crippen LogP contribution is 2.33. The molecule has 1 N–H and O–H groups in total. The number of benzene rings is 2. The molecule has 0 fully saturated rings. The number of hydrogen-bond acceptors (Lipinski definition) is 6. The number of nitrogens with zero attached hydrogens (tertiary/aromatic N) is 6. The Labute approximate surface area is 182 Å². The summed E-state index contributed by atoms with van der Waals surface area (Å²) in [5.41, 5.74) is 3.41. The molecule has 4 heterocycles. The van der Waals surface area contributed by atoms with Gasteiger partial charge in [-0.25, -0.2) is 14.1 Å². The van der Waals surface area contributed by atoms with Crippen LogP contribution in [0.2, 0.25) is 0 Å². The van der Waals surface area contributed by atoms with Crippen molar-refractivity contribution in [3.05, 3.63) is 77.8 Å². The van der Waals surface area contributed by atoms with Crippen molar-refractivity contribution in [3.8, 4) is 11.5 Å². The number of rotatable bonds is 4. The van der Waals surface area contributed by atoms with Crippen LogP contribution in [-0.2, 0) is 6.54 Å². The number of aromatic nitrogens is 6. The lowest BCUT2D eigenvalue weighted by Gasteiger charge is -2.22. The van der Waals surface area contributed by atoms with E-state index >= 15 is 0 Å². The first-order chi connectivity index (χ1) is 15.6. The summed E-state index contributed by atoms with van der Waals surface area (Å²) in [5, 5.41) is 12.4. The Bertz CT molecular complexity index is 1400. The van der Waals surface area contributed by atoms with Crippen LogP contribution in [0.3, 0.4) is 0 Å². The topological polar surface area (TPSA) is 86.1 Å². The largest absolute Gasteiger partial charge is 0.417 e. The van der Waals surface area contributed by atoms with Crippen molar-refractivity contribution in [1.29, 1.82) is 0 Å². The van der Waals surface area contributed by atoms with E-state index in [-0.39, 0.29) is 11.7 Å². The minimum absolute atomic E-state index is 0.114. The second-order valence-electron chi connectivity index (χ2n) is 7.93. The molecule has 0 radical (unpaired) electrons. The summed E-state index contributed by atoms with van der Waals surface area (Å²) >= 11 is 0. The van der Waals surface area contributed by atoms with E-state index in [9.17, 15) is 4.39 Å². The predicted molar refractivity (Wildman–Crippen MR) is 116 cm³/mol. The van der Waals surface area contributed by atoms with Crippen LogP contribution < -0.4 is 5.32 Å². The maximum Gasteiger partial charge on any atom is 0.246 e. The van der Waals surface area contributed by atoms with E-state index < -0.39 is 0 Å². The number of halogens is 1. The van der Waals surface area contributed by atoms with E-state index in [0.29, 0.717) is 17.6 Å². The fourth-order valence-corrected chi connectivity index (χ4v) is 4.18. The minimum atomic E-state index is -0.230. The maximum atomic E-state index is 13.3. The molecule has 5 aromatic rings. The second-order valence-corrected chi connectivity index (χ2v) is 7.93. The number of anilines is 2. The fourth-order valence-electron chi connectivity index (χ4n) is 4.18. The van der Waals surface area contributed by atoms with Gasteiger partial charge in [-0.3, -0.25) is 0 Å². The Balaban J connectivity index is 1.23. The summed E-state index contributed by atoms with van der Waals surface area (Å²) in [4.78, 5) is 8.92. The molecule has 2 aromatic carbocycles. The first-order valence-electron chi connectivity index (χ1n) is 10.5. The highest BCUT2D eigenvalue weighted by atomic mass is 19.1. The van der Waals surface area contributed by atoms with Gasteiger partial charge in [0.2, 0.25) is 17.6 Å². The first kappa shape index (κ1) is 18.7. The zero-order valence-corrected chi connectivity index (χ0v) is 17.4. The third-order valence-electron chi connectivity index (χ3n) is 5.80. The summed E-state index contributed by atoms with van der Waals surface area (Å²) < 4.78 is 22.7. The summed E-state index contributed by atoms with van der Waals surface area (Å²) in [5.74, 6) is 2.65. The third kappa shape index (κ3) is 3.22. The molecular formula is C23H20FN7O. The molecule has 0 saturated carbocycles. The average molecular weight is 429 g/mol. The summed E-state index contributed by atoms with van der Waals surface area (Å²) in [6.45, 7) is 2.71. The van der Waals surface area contributed by atoms with Crippen LogP contribution in [0, 0.1) is 12.7 Å². The molecule has 3 aromatic heterocycles. The smallest absolute Gasteiger partial charge is 0.246 e. The standard InChI is InChI=1S/C23H20FN7O/c1-14-25-13-20-31(14)28-22(32-20)16-6-10-18(11-7-16)26-23-27-21-19(3-2-12-30(21)29-23)15-4-8-17(24)9-5-15/h4-11,13,19H,2-3,12H2,1H3,(H,26,29). The molecule has 0 saturated heterocycles. The molecule has 160 valence electrons. The van der Waals surface area contributed by atoms with E-state index in [1.54, 1.807) is 10.7 Å². The van der Waals surface area contributed by atoms with E-state index in [4.69, 9.17) is 9.40 Å². The summed E-state index contributed by atoms with van der Waals surface area (Å²) in [6, 6.07) is 14.4. The van der Waals surface area contributed by atoms with Crippen molar-refractivity contribution < 1.29 is 8.81 Å². The Morgan fingerprint density at radius 2 is 1.88 bits per heavy atom. The van der Waals surface area contributed by atoms with Gasteiger partial charge in [0, 0.05) is 23.7 Å². The lowest BCUT2D eigenvalue weighted by Crippen LogP contribution is -2.17. The quantitative estimate of drug-likeness (QED) is 0.446. The molecule has 0 spiro atoms. The van der Waals surface area contributed by atoms with Gasteiger partial charge in [-0.15, -0.1) is 10.2 Å².